The fourth-order valence-corrected chi connectivity index (χ4v) is 4.43. The first-order valence-electron chi connectivity index (χ1n) is 11.9. The van der Waals surface area contributed by atoms with Gasteiger partial charge in [0.1, 0.15) is 0 Å². The molecular weight excluding hydrogens is 416 g/mol. The standard InChI is InChI=1S/C26H34N4O3/c1-20-7-9-21(10-8-20)24(19-29-15-17-33-18-16-29)28-25(31)22-11-13-30(14-12-22)26(32)27-23-5-3-2-4-6-23/h2-10,22,24H,11-19H2,1H3,(H,27,32)(H,28,31)/t24-/m0/s1. The predicted molar refractivity (Wildman–Crippen MR) is 129 cm³/mol. The molecule has 0 radical (unpaired) electrons. The first kappa shape index (κ1) is 23.3. The van der Waals surface area contributed by atoms with Crippen molar-refractivity contribution in [1.82, 2.24) is 15.1 Å². The van der Waals surface area contributed by atoms with Gasteiger partial charge < -0.3 is 20.3 Å². The molecule has 2 fully saturated rings. The molecule has 1 atom stereocenters. The van der Waals surface area contributed by atoms with Gasteiger partial charge in [0, 0.05) is 44.3 Å². The van der Waals surface area contributed by atoms with Gasteiger partial charge >= 0.3 is 6.03 Å². The monoisotopic (exact) mass is 450 g/mol. The van der Waals surface area contributed by atoms with E-state index in [2.05, 4.69) is 46.7 Å². The number of rotatable bonds is 6. The molecule has 2 aliphatic heterocycles. The molecule has 7 nitrogen and oxygen atoms in total. The van der Waals surface area contributed by atoms with Crippen LogP contribution in [0.1, 0.15) is 30.0 Å². The predicted octanol–water partition coefficient (Wildman–Crippen LogP) is 3.43. The van der Waals surface area contributed by atoms with E-state index in [1.54, 1.807) is 4.90 Å². The van der Waals surface area contributed by atoms with E-state index in [0.29, 0.717) is 25.9 Å². The number of anilines is 1. The van der Waals surface area contributed by atoms with Crippen molar-refractivity contribution in [3.63, 3.8) is 0 Å². The Kier molecular flexibility index (Phi) is 7.96. The summed E-state index contributed by atoms with van der Waals surface area (Å²) in [6, 6.07) is 17.7. The number of piperidine rings is 1. The average molecular weight is 451 g/mol. The molecule has 4 rings (SSSR count). The summed E-state index contributed by atoms with van der Waals surface area (Å²) in [6.45, 7) is 7.23. The van der Waals surface area contributed by atoms with E-state index in [9.17, 15) is 9.59 Å². The number of benzene rings is 2. The SMILES string of the molecule is Cc1ccc([C@H](CN2CCOCC2)NC(=O)C2CCN(C(=O)Nc3ccccc3)CC2)cc1. The van der Waals surface area contributed by atoms with Crippen LogP contribution in [0.4, 0.5) is 10.5 Å². The molecule has 2 heterocycles. The Bertz CT molecular complexity index is 905. The number of hydrogen-bond acceptors (Lipinski definition) is 4. The van der Waals surface area contributed by atoms with E-state index in [1.165, 1.54) is 5.56 Å². The van der Waals surface area contributed by atoms with Crippen molar-refractivity contribution in [2.24, 2.45) is 5.92 Å². The Labute approximate surface area is 196 Å². The third-order valence-corrected chi connectivity index (χ3v) is 6.52. The Hall–Kier alpha value is -2.90. The van der Waals surface area contributed by atoms with Gasteiger partial charge in [-0.05, 0) is 37.5 Å². The van der Waals surface area contributed by atoms with Gasteiger partial charge in [0.2, 0.25) is 5.91 Å². The molecule has 2 aromatic rings. The van der Waals surface area contributed by atoms with Gasteiger partial charge in [0.05, 0.1) is 19.3 Å². The van der Waals surface area contributed by atoms with Gasteiger partial charge in [-0.3, -0.25) is 9.69 Å². The number of ether oxygens (including phenoxy) is 1. The van der Waals surface area contributed by atoms with E-state index < -0.39 is 0 Å². The minimum Gasteiger partial charge on any atom is -0.379 e. The highest BCUT2D eigenvalue weighted by atomic mass is 16.5. The number of nitrogens with one attached hydrogen (secondary N) is 2. The zero-order valence-corrected chi connectivity index (χ0v) is 19.3. The van der Waals surface area contributed by atoms with Crippen molar-refractivity contribution in [3.8, 4) is 0 Å². The maximum Gasteiger partial charge on any atom is 0.321 e. The molecule has 0 aliphatic carbocycles. The highest BCUT2D eigenvalue weighted by molar-refractivity contribution is 5.89. The number of carbonyl (C=O) groups is 2. The average Bonchev–Trinajstić information content (AvgIpc) is 2.85. The Morgan fingerprint density at radius 3 is 2.30 bits per heavy atom. The number of hydrogen-bond donors (Lipinski definition) is 2. The van der Waals surface area contributed by atoms with Crippen molar-refractivity contribution in [3.05, 3.63) is 65.7 Å². The van der Waals surface area contributed by atoms with Gasteiger partial charge in [-0.1, -0.05) is 48.0 Å². The normalized spacial score (nSPS) is 18.5. The number of morpholine rings is 1. The van der Waals surface area contributed by atoms with E-state index in [1.807, 2.05) is 30.3 Å². The molecule has 2 N–H and O–H groups in total. The summed E-state index contributed by atoms with van der Waals surface area (Å²) in [5.74, 6) is 0.000338. The quantitative estimate of drug-likeness (QED) is 0.707. The molecule has 0 bridgehead atoms. The van der Waals surface area contributed by atoms with Crippen LogP contribution in [-0.2, 0) is 9.53 Å². The number of likely N-dealkylation sites (tertiary alicyclic amines) is 1. The third kappa shape index (κ3) is 6.55. The Balaban J connectivity index is 1.33. The smallest absolute Gasteiger partial charge is 0.321 e. The maximum atomic E-state index is 13.2. The summed E-state index contributed by atoms with van der Waals surface area (Å²) in [6.07, 6.45) is 1.35. The molecule has 7 heteroatoms. The fourth-order valence-electron chi connectivity index (χ4n) is 4.43. The topological polar surface area (TPSA) is 73.9 Å². The minimum atomic E-state index is -0.107. The Morgan fingerprint density at radius 1 is 0.970 bits per heavy atom. The molecule has 33 heavy (non-hydrogen) atoms. The molecule has 0 saturated carbocycles. The van der Waals surface area contributed by atoms with Crippen molar-refractivity contribution < 1.29 is 14.3 Å². The number of carbonyl (C=O) groups excluding carboxylic acids is 2. The minimum absolute atomic E-state index is 0.0596. The maximum absolute atomic E-state index is 13.2. The van der Waals surface area contributed by atoms with Crippen molar-refractivity contribution in [2.45, 2.75) is 25.8 Å². The van der Waals surface area contributed by atoms with Crippen LogP contribution in [0, 0.1) is 12.8 Å². The van der Waals surface area contributed by atoms with Crippen molar-refractivity contribution in [2.75, 3.05) is 51.3 Å². The van der Waals surface area contributed by atoms with Crippen LogP contribution >= 0.6 is 0 Å². The lowest BCUT2D eigenvalue weighted by atomic mass is 9.95. The zero-order valence-electron chi connectivity index (χ0n) is 19.3. The summed E-state index contributed by atoms with van der Waals surface area (Å²) in [5.41, 5.74) is 3.11. The number of amides is 3. The third-order valence-electron chi connectivity index (χ3n) is 6.52. The molecule has 176 valence electrons. The van der Waals surface area contributed by atoms with Crippen LogP contribution in [0.3, 0.4) is 0 Å². The lowest BCUT2D eigenvalue weighted by Gasteiger charge is -2.34. The molecule has 0 aromatic heterocycles. The van der Waals surface area contributed by atoms with Crippen molar-refractivity contribution in [1.29, 1.82) is 0 Å². The fraction of sp³-hybridized carbons (Fsp3) is 0.462. The number of para-hydroxylation sites is 1. The van der Waals surface area contributed by atoms with E-state index in [-0.39, 0.29) is 23.9 Å². The van der Waals surface area contributed by atoms with Gasteiger partial charge in [-0.25, -0.2) is 4.79 Å². The summed E-state index contributed by atoms with van der Waals surface area (Å²) in [5, 5.41) is 6.24. The second kappa shape index (κ2) is 11.3. The van der Waals surface area contributed by atoms with Crippen LogP contribution in [0.2, 0.25) is 0 Å². The van der Waals surface area contributed by atoms with E-state index in [0.717, 1.165) is 44.1 Å². The van der Waals surface area contributed by atoms with Crippen molar-refractivity contribution >= 4 is 17.6 Å². The molecule has 2 aliphatic rings. The molecule has 0 spiro atoms. The molecule has 0 unspecified atom stereocenters. The second-order valence-corrected chi connectivity index (χ2v) is 8.94. The van der Waals surface area contributed by atoms with Gasteiger partial charge in [0.25, 0.3) is 0 Å². The highest BCUT2D eigenvalue weighted by Crippen LogP contribution is 2.22. The number of urea groups is 1. The van der Waals surface area contributed by atoms with Gasteiger partial charge in [-0.15, -0.1) is 0 Å². The summed E-state index contributed by atoms with van der Waals surface area (Å²) in [4.78, 5) is 29.9. The zero-order chi connectivity index (χ0) is 23.0. The Morgan fingerprint density at radius 2 is 1.64 bits per heavy atom. The largest absolute Gasteiger partial charge is 0.379 e. The summed E-state index contributed by atoms with van der Waals surface area (Å²) in [7, 11) is 0. The first-order chi connectivity index (χ1) is 16.1. The summed E-state index contributed by atoms with van der Waals surface area (Å²) >= 11 is 0. The molecule has 2 aromatic carbocycles. The van der Waals surface area contributed by atoms with Crippen LogP contribution in [0.15, 0.2) is 54.6 Å². The van der Waals surface area contributed by atoms with Gasteiger partial charge in [-0.2, -0.15) is 0 Å². The van der Waals surface area contributed by atoms with Crippen LogP contribution in [0.25, 0.3) is 0 Å². The molecular formula is C26H34N4O3. The number of aryl methyl sites for hydroxylation is 1. The lowest BCUT2D eigenvalue weighted by Crippen LogP contribution is -2.47. The second-order valence-electron chi connectivity index (χ2n) is 8.94. The summed E-state index contributed by atoms with van der Waals surface area (Å²) < 4.78 is 5.48. The first-order valence-corrected chi connectivity index (χ1v) is 11.9. The van der Waals surface area contributed by atoms with Gasteiger partial charge in [0.15, 0.2) is 0 Å². The van der Waals surface area contributed by atoms with Crippen LogP contribution in [-0.4, -0.2) is 67.7 Å². The lowest BCUT2D eigenvalue weighted by molar-refractivity contribution is -0.127. The molecule has 3 amide bonds. The van der Waals surface area contributed by atoms with Crippen LogP contribution < -0.4 is 10.6 Å². The van der Waals surface area contributed by atoms with Crippen LogP contribution in [0.5, 0.6) is 0 Å². The van der Waals surface area contributed by atoms with E-state index in [4.69, 9.17) is 4.74 Å². The molecule has 2 saturated heterocycles. The van der Waals surface area contributed by atoms with E-state index >= 15 is 0 Å². The highest BCUT2D eigenvalue weighted by Gasteiger charge is 2.29. The number of nitrogens with zero attached hydrogens (tertiary/aromatic N) is 2.